The van der Waals surface area contributed by atoms with Gasteiger partial charge in [-0.3, -0.25) is 4.79 Å². The minimum absolute atomic E-state index is 0.224. The van der Waals surface area contributed by atoms with Crippen molar-refractivity contribution in [1.29, 1.82) is 0 Å². The van der Waals surface area contributed by atoms with E-state index in [0.717, 1.165) is 11.3 Å². The van der Waals surface area contributed by atoms with Gasteiger partial charge in [0.25, 0.3) is 0 Å². The molecule has 0 N–H and O–H groups in total. The summed E-state index contributed by atoms with van der Waals surface area (Å²) in [5.41, 5.74) is 1.79. The van der Waals surface area contributed by atoms with Crippen molar-refractivity contribution in [2.75, 3.05) is 6.61 Å². The molecule has 0 aliphatic rings. The third-order valence-electron chi connectivity index (χ3n) is 1.98. The number of pyridine rings is 1. The van der Waals surface area contributed by atoms with E-state index >= 15 is 0 Å². The second-order valence-corrected chi connectivity index (χ2v) is 3.61. The Labute approximate surface area is 100 Å². The van der Waals surface area contributed by atoms with Gasteiger partial charge in [-0.05, 0) is 25.5 Å². The second kappa shape index (κ2) is 6.28. The maximum atomic E-state index is 11.1. The van der Waals surface area contributed by atoms with Crippen LogP contribution in [-0.4, -0.2) is 17.6 Å². The van der Waals surface area contributed by atoms with E-state index in [4.69, 9.17) is 16.3 Å². The molecule has 0 saturated heterocycles. The van der Waals surface area contributed by atoms with Crippen molar-refractivity contribution in [3.05, 3.63) is 34.6 Å². The standard InChI is InChI=1S/C12H14ClNO2/c1-3-16-12(15)6-4-5-10-7-8-11(13)14-9(10)2/h4-5,7-8H,3,6H2,1-2H3. The van der Waals surface area contributed by atoms with Crippen LogP contribution in [0, 0.1) is 6.92 Å². The maximum absolute atomic E-state index is 11.1. The van der Waals surface area contributed by atoms with Crippen molar-refractivity contribution in [1.82, 2.24) is 4.98 Å². The lowest BCUT2D eigenvalue weighted by Gasteiger charge is -2.00. The normalized spacial score (nSPS) is 10.7. The quantitative estimate of drug-likeness (QED) is 0.599. The summed E-state index contributed by atoms with van der Waals surface area (Å²) in [6.07, 6.45) is 3.88. The summed E-state index contributed by atoms with van der Waals surface area (Å²) in [6.45, 7) is 4.07. The summed E-state index contributed by atoms with van der Waals surface area (Å²) in [5, 5.41) is 0.472. The number of carbonyl (C=O) groups excluding carboxylic acids is 1. The zero-order valence-corrected chi connectivity index (χ0v) is 10.1. The van der Waals surface area contributed by atoms with E-state index in [-0.39, 0.29) is 12.4 Å². The van der Waals surface area contributed by atoms with E-state index in [1.54, 1.807) is 19.1 Å². The van der Waals surface area contributed by atoms with Gasteiger partial charge in [0.2, 0.25) is 0 Å². The highest BCUT2D eigenvalue weighted by Gasteiger charge is 1.99. The van der Waals surface area contributed by atoms with Crippen LogP contribution in [0.5, 0.6) is 0 Å². The Morgan fingerprint density at radius 1 is 1.56 bits per heavy atom. The van der Waals surface area contributed by atoms with Crippen LogP contribution in [0.15, 0.2) is 18.2 Å². The number of aryl methyl sites for hydroxylation is 1. The largest absolute Gasteiger partial charge is 0.466 e. The highest BCUT2D eigenvalue weighted by molar-refractivity contribution is 6.29. The Morgan fingerprint density at radius 2 is 2.31 bits per heavy atom. The number of aromatic nitrogens is 1. The Hall–Kier alpha value is -1.35. The second-order valence-electron chi connectivity index (χ2n) is 3.22. The lowest BCUT2D eigenvalue weighted by atomic mass is 10.2. The Bertz CT molecular complexity index is 402. The molecule has 0 radical (unpaired) electrons. The monoisotopic (exact) mass is 239 g/mol. The number of nitrogens with zero attached hydrogens (tertiary/aromatic N) is 1. The smallest absolute Gasteiger partial charge is 0.309 e. The molecule has 0 amide bonds. The number of halogens is 1. The lowest BCUT2D eigenvalue weighted by Crippen LogP contribution is -2.01. The number of hydrogen-bond acceptors (Lipinski definition) is 3. The third kappa shape index (κ3) is 4.03. The first-order valence-corrected chi connectivity index (χ1v) is 5.46. The van der Waals surface area contributed by atoms with Crippen LogP contribution in [0.2, 0.25) is 5.15 Å². The van der Waals surface area contributed by atoms with Gasteiger partial charge in [-0.15, -0.1) is 0 Å². The SMILES string of the molecule is CCOC(=O)CC=Cc1ccc(Cl)nc1C. The number of carbonyl (C=O) groups is 1. The van der Waals surface area contributed by atoms with Crippen molar-refractivity contribution < 1.29 is 9.53 Å². The summed E-state index contributed by atoms with van der Waals surface area (Å²) >= 11 is 5.73. The van der Waals surface area contributed by atoms with E-state index < -0.39 is 0 Å². The molecule has 0 aliphatic carbocycles. The van der Waals surface area contributed by atoms with Crippen LogP contribution >= 0.6 is 11.6 Å². The fourth-order valence-electron chi connectivity index (χ4n) is 1.22. The fourth-order valence-corrected chi connectivity index (χ4v) is 1.41. The van der Waals surface area contributed by atoms with Gasteiger partial charge in [0, 0.05) is 5.69 Å². The van der Waals surface area contributed by atoms with Crippen LogP contribution in [-0.2, 0) is 9.53 Å². The molecule has 1 aromatic heterocycles. The Balaban J connectivity index is 2.59. The van der Waals surface area contributed by atoms with E-state index in [1.165, 1.54) is 0 Å². The number of rotatable bonds is 4. The molecule has 0 bridgehead atoms. The van der Waals surface area contributed by atoms with Crippen molar-refractivity contribution in [3.8, 4) is 0 Å². The minimum Gasteiger partial charge on any atom is -0.466 e. The van der Waals surface area contributed by atoms with E-state index in [9.17, 15) is 4.79 Å². The highest BCUT2D eigenvalue weighted by Crippen LogP contribution is 2.12. The summed E-state index contributed by atoms with van der Waals surface area (Å²) in [6, 6.07) is 3.59. The molecule has 3 nitrogen and oxygen atoms in total. The molecule has 0 spiro atoms. The Morgan fingerprint density at radius 3 is 2.94 bits per heavy atom. The fraction of sp³-hybridized carbons (Fsp3) is 0.333. The average molecular weight is 240 g/mol. The van der Waals surface area contributed by atoms with E-state index in [1.807, 2.05) is 19.1 Å². The van der Waals surface area contributed by atoms with Crippen LogP contribution in [0.1, 0.15) is 24.6 Å². The topological polar surface area (TPSA) is 39.2 Å². The van der Waals surface area contributed by atoms with Gasteiger partial charge in [0.15, 0.2) is 0 Å². The molecule has 0 unspecified atom stereocenters. The molecule has 1 rings (SSSR count). The number of esters is 1. The van der Waals surface area contributed by atoms with Gasteiger partial charge in [0.1, 0.15) is 5.15 Å². The first kappa shape index (κ1) is 12.7. The molecule has 86 valence electrons. The van der Waals surface area contributed by atoms with E-state index in [2.05, 4.69) is 4.98 Å². The third-order valence-corrected chi connectivity index (χ3v) is 2.19. The van der Waals surface area contributed by atoms with Gasteiger partial charge in [-0.2, -0.15) is 0 Å². The molecular formula is C12H14ClNO2. The van der Waals surface area contributed by atoms with Gasteiger partial charge in [-0.25, -0.2) is 4.98 Å². The molecule has 0 saturated carbocycles. The minimum atomic E-state index is -0.224. The molecule has 0 aliphatic heterocycles. The lowest BCUT2D eigenvalue weighted by molar-refractivity contribution is -0.142. The van der Waals surface area contributed by atoms with Crippen LogP contribution < -0.4 is 0 Å². The predicted molar refractivity (Wildman–Crippen MR) is 64.3 cm³/mol. The molecular weight excluding hydrogens is 226 g/mol. The Kier molecular flexibility index (Phi) is 4.99. The van der Waals surface area contributed by atoms with E-state index in [0.29, 0.717) is 11.8 Å². The average Bonchev–Trinajstić information content (AvgIpc) is 2.22. The number of ether oxygens (including phenoxy) is 1. The summed E-state index contributed by atoms with van der Waals surface area (Å²) in [4.78, 5) is 15.2. The van der Waals surface area contributed by atoms with Crippen LogP contribution in [0.3, 0.4) is 0 Å². The van der Waals surface area contributed by atoms with Gasteiger partial charge >= 0.3 is 5.97 Å². The van der Waals surface area contributed by atoms with Gasteiger partial charge in [-0.1, -0.05) is 29.8 Å². The van der Waals surface area contributed by atoms with Crippen LogP contribution in [0.4, 0.5) is 0 Å². The van der Waals surface area contributed by atoms with Crippen LogP contribution in [0.25, 0.3) is 6.08 Å². The molecule has 16 heavy (non-hydrogen) atoms. The predicted octanol–water partition coefficient (Wildman–Crippen LogP) is 3.01. The summed E-state index contributed by atoms with van der Waals surface area (Å²) in [5.74, 6) is -0.224. The zero-order valence-electron chi connectivity index (χ0n) is 9.37. The molecule has 1 aromatic rings. The zero-order chi connectivity index (χ0) is 12.0. The number of hydrogen-bond donors (Lipinski definition) is 0. The van der Waals surface area contributed by atoms with Crippen molar-refractivity contribution in [2.45, 2.75) is 20.3 Å². The van der Waals surface area contributed by atoms with Gasteiger partial charge < -0.3 is 4.74 Å². The molecule has 4 heteroatoms. The van der Waals surface area contributed by atoms with Crippen molar-refractivity contribution in [2.24, 2.45) is 0 Å². The first-order chi connectivity index (χ1) is 7.63. The summed E-state index contributed by atoms with van der Waals surface area (Å²) < 4.78 is 4.80. The molecule has 1 heterocycles. The molecule has 0 fully saturated rings. The van der Waals surface area contributed by atoms with Crippen molar-refractivity contribution in [3.63, 3.8) is 0 Å². The maximum Gasteiger partial charge on any atom is 0.309 e. The van der Waals surface area contributed by atoms with Gasteiger partial charge in [0.05, 0.1) is 13.0 Å². The first-order valence-electron chi connectivity index (χ1n) is 5.08. The molecule has 0 aromatic carbocycles. The highest BCUT2D eigenvalue weighted by atomic mass is 35.5. The molecule has 0 atom stereocenters. The van der Waals surface area contributed by atoms with Crippen molar-refractivity contribution >= 4 is 23.6 Å². The summed E-state index contributed by atoms with van der Waals surface area (Å²) in [7, 11) is 0.